The lowest BCUT2D eigenvalue weighted by Crippen LogP contribution is -2.38. The molecule has 0 spiro atoms. The van der Waals surface area contributed by atoms with E-state index in [0.29, 0.717) is 18.5 Å². The summed E-state index contributed by atoms with van der Waals surface area (Å²) in [5.41, 5.74) is 0.933. The van der Waals surface area contributed by atoms with Gasteiger partial charge in [0.25, 0.3) is 0 Å². The summed E-state index contributed by atoms with van der Waals surface area (Å²) in [5.74, 6) is 1.66. The van der Waals surface area contributed by atoms with Gasteiger partial charge in [-0.2, -0.15) is 5.10 Å². The highest BCUT2D eigenvalue weighted by Crippen LogP contribution is 2.24. The zero-order valence-electron chi connectivity index (χ0n) is 13.3. The largest absolute Gasteiger partial charge is 0.444 e. The molecular formula is C17H19N5OS. The molecule has 4 heterocycles. The number of nitrogens with one attached hydrogen (secondary N) is 1. The summed E-state index contributed by atoms with van der Waals surface area (Å²) >= 11 is 1.64. The second kappa shape index (κ2) is 7.11. The van der Waals surface area contributed by atoms with Gasteiger partial charge in [0.05, 0.1) is 10.6 Å². The minimum atomic E-state index is 0.449. The molecule has 1 aliphatic rings. The Morgan fingerprint density at radius 3 is 3.17 bits per heavy atom. The van der Waals surface area contributed by atoms with Gasteiger partial charge in [-0.15, -0.1) is 16.4 Å². The summed E-state index contributed by atoms with van der Waals surface area (Å²) < 4.78 is 5.55. The Bertz CT molecular complexity index is 758. The normalized spacial score (nSPS) is 17.5. The molecule has 1 saturated heterocycles. The van der Waals surface area contributed by atoms with E-state index < -0.39 is 0 Å². The molecule has 1 N–H and O–H groups in total. The van der Waals surface area contributed by atoms with E-state index in [1.807, 2.05) is 29.6 Å². The summed E-state index contributed by atoms with van der Waals surface area (Å²) in [4.78, 5) is 7.93. The first-order valence-electron chi connectivity index (χ1n) is 8.13. The fraction of sp³-hybridized carbons (Fsp3) is 0.353. The lowest BCUT2D eigenvalue weighted by molar-refractivity contribution is 0.555. The lowest BCUT2D eigenvalue weighted by atomic mass is 10.2. The van der Waals surface area contributed by atoms with Gasteiger partial charge >= 0.3 is 0 Å². The van der Waals surface area contributed by atoms with Crippen LogP contribution in [0.3, 0.4) is 0 Å². The van der Waals surface area contributed by atoms with Crippen molar-refractivity contribution in [2.45, 2.75) is 25.4 Å². The molecule has 1 aliphatic heterocycles. The molecule has 0 amide bonds. The molecule has 6 nitrogen and oxygen atoms in total. The maximum absolute atomic E-state index is 5.55. The molecule has 4 rings (SSSR count). The molecule has 124 valence electrons. The standard InChI is InChI=1S/C17H19N5OS/c1-6-16(21-19-7-1)22-8-2-4-14(22)11-18-10-13-12-23-17(20-13)15-5-3-9-24-15/h1,3,5-7,9,12,14,18H,2,4,8,10-11H2/t14-/m0/s1. The SMILES string of the molecule is c1cnnc(N2CCC[C@H]2CNCc2coc(-c3cccs3)n2)c1. The van der Waals surface area contributed by atoms with Crippen LogP contribution in [0.25, 0.3) is 10.8 Å². The highest BCUT2D eigenvalue weighted by atomic mass is 32.1. The smallest absolute Gasteiger partial charge is 0.236 e. The van der Waals surface area contributed by atoms with Gasteiger partial charge in [-0.1, -0.05) is 6.07 Å². The van der Waals surface area contributed by atoms with Crippen molar-refractivity contribution >= 4 is 17.2 Å². The van der Waals surface area contributed by atoms with Gasteiger partial charge in [-0.3, -0.25) is 0 Å². The molecule has 1 fully saturated rings. The van der Waals surface area contributed by atoms with Crippen LogP contribution in [0.4, 0.5) is 5.82 Å². The molecule has 7 heteroatoms. The molecule has 0 radical (unpaired) electrons. The molecule has 3 aromatic rings. The maximum Gasteiger partial charge on any atom is 0.236 e. The molecule has 0 bridgehead atoms. The zero-order valence-corrected chi connectivity index (χ0v) is 14.1. The third-order valence-electron chi connectivity index (χ3n) is 4.20. The number of aromatic nitrogens is 3. The molecular weight excluding hydrogens is 322 g/mol. The van der Waals surface area contributed by atoms with E-state index in [4.69, 9.17) is 4.42 Å². The van der Waals surface area contributed by atoms with Gasteiger partial charge < -0.3 is 14.6 Å². The van der Waals surface area contributed by atoms with Crippen LogP contribution in [-0.2, 0) is 6.54 Å². The molecule has 0 aliphatic carbocycles. The molecule has 24 heavy (non-hydrogen) atoms. The van der Waals surface area contributed by atoms with Crippen LogP contribution < -0.4 is 10.2 Å². The van der Waals surface area contributed by atoms with Gasteiger partial charge in [-0.25, -0.2) is 4.98 Å². The van der Waals surface area contributed by atoms with E-state index in [-0.39, 0.29) is 0 Å². The third kappa shape index (κ3) is 3.32. The summed E-state index contributed by atoms with van der Waals surface area (Å²) in [5, 5.41) is 13.7. The fourth-order valence-electron chi connectivity index (χ4n) is 3.06. The van der Waals surface area contributed by atoms with Gasteiger partial charge in [-0.05, 0) is 36.4 Å². The minimum Gasteiger partial charge on any atom is -0.444 e. The third-order valence-corrected chi connectivity index (χ3v) is 5.06. The van der Waals surface area contributed by atoms with Gasteiger partial charge in [0.1, 0.15) is 6.26 Å². The van der Waals surface area contributed by atoms with Crippen molar-refractivity contribution in [1.82, 2.24) is 20.5 Å². The zero-order chi connectivity index (χ0) is 16.2. The average molecular weight is 341 g/mol. The quantitative estimate of drug-likeness (QED) is 0.743. The Kier molecular flexibility index (Phi) is 4.53. The highest BCUT2D eigenvalue weighted by molar-refractivity contribution is 7.13. The summed E-state index contributed by atoms with van der Waals surface area (Å²) in [6, 6.07) is 8.43. The van der Waals surface area contributed by atoms with Gasteiger partial charge in [0.2, 0.25) is 5.89 Å². The molecule has 3 aromatic heterocycles. The number of hydrogen-bond acceptors (Lipinski definition) is 7. The number of thiophene rings is 1. The lowest BCUT2D eigenvalue weighted by Gasteiger charge is -2.25. The Balaban J connectivity index is 1.32. The first-order valence-corrected chi connectivity index (χ1v) is 9.01. The van der Waals surface area contributed by atoms with Crippen LogP contribution in [0.2, 0.25) is 0 Å². The van der Waals surface area contributed by atoms with Gasteiger partial charge in [0, 0.05) is 31.9 Å². The Morgan fingerprint density at radius 1 is 1.33 bits per heavy atom. The van der Waals surface area contributed by atoms with Crippen LogP contribution in [0.5, 0.6) is 0 Å². The summed E-state index contributed by atoms with van der Waals surface area (Å²) in [7, 11) is 0. The Hall–Kier alpha value is -2.25. The monoisotopic (exact) mass is 341 g/mol. The number of anilines is 1. The van der Waals surface area contributed by atoms with E-state index in [2.05, 4.69) is 25.4 Å². The van der Waals surface area contributed by atoms with E-state index in [0.717, 1.165) is 29.5 Å². The topological polar surface area (TPSA) is 67.1 Å². The van der Waals surface area contributed by atoms with Crippen molar-refractivity contribution in [3.63, 3.8) is 0 Å². The van der Waals surface area contributed by atoms with E-state index in [9.17, 15) is 0 Å². The van der Waals surface area contributed by atoms with Crippen LogP contribution in [-0.4, -0.2) is 34.3 Å². The van der Waals surface area contributed by atoms with E-state index in [1.165, 1.54) is 12.8 Å². The predicted molar refractivity (Wildman–Crippen MR) is 93.9 cm³/mol. The second-order valence-electron chi connectivity index (χ2n) is 5.82. The van der Waals surface area contributed by atoms with Crippen molar-refractivity contribution in [2.24, 2.45) is 0 Å². The molecule has 0 aromatic carbocycles. The average Bonchev–Trinajstić information content (AvgIpc) is 3.37. The number of oxazole rings is 1. The van der Waals surface area contributed by atoms with Crippen molar-refractivity contribution < 1.29 is 4.42 Å². The van der Waals surface area contributed by atoms with Crippen LogP contribution in [0.15, 0.2) is 46.5 Å². The summed E-state index contributed by atoms with van der Waals surface area (Å²) in [6.45, 7) is 2.65. The molecule has 1 atom stereocenters. The minimum absolute atomic E-state index is 0.449. The molecule has 0 unspecified atom stereocenters. The molecule has 0 saturated carbocycles. The van der Waals surface area contributed by atoms with Crippen molar-refractivity contribution in [3.8, 4) is 10.8 Å². The number of nitrogens with zero attached hydrogens (tertiary/aromatic N) is 4. The summed E-state index contributed by atoms with van der Waals surface area (Å²) in [6.07, 6.45) is 5.80. The van der Waals surface area contributed by atoms with Crippen LogP contribution >= 0.6 is 11.3 Å². The van der Waals surface area contributed by atoms with Crippen molar-refractivity contribution in [3.05, 3.63) is 47.8 Å². The Labute approximate surface area is 144 Å². The highest BCUT2D eigenvalue weighted by Gasteiger charge is 2.25. The number of hydrogen-bond donors (Lipinski definition) is 1. The Morgan fingerprint density at radius 2 is 2.33 bits per heavy atom. The fourth-order valence-corrected chi connectivity index (χ4v) is 3.72. The van der Waals surface area contributed by atoms with Crippen LogP contribution in [0, 0.1) is 0 Å². The maximum atomic E-state index is 5.55. The van der Waals surface area contributed by atoms with Crippen molar-refractivity contribution in [2.75, 3.05) is 18.0 Å². The van der Waals surface area contributed by atoms with E-state index >= 15 is 0 Å². The van der Waals surface area contributed by atoms with E-state index in [1.54, 1.807) is 23.8 Å². The second-order valence-corrected chi connectivity index (χ2v) is 6.77. The predicted octanol–water partition coefficient (Wildman–Crippen LogP) is 2.95. The van der Waals surface area contributed by atoms with Gasteiger partial charge in [0.15, 0.2) is 5.82 Å². The van der Waals surface area contributed by atoms with Crippen LogP contribution in [0.1, 0.15) is 18.5 Å². The first kappa shape index (κ1) is 15.3. The van der Waals surface area contributed by atoms with Crippen molar-refractivity contribution in [1.29, 1.82) is 0 Å². The number of rotatable bonds is 6. The first-order chi connectivity index (χ1) is 11.9.